The fraction of sp³-hybridized carbons (Fsp3) is 0.848. The van der Waals surface area contributed by atoms with Gasteiger partial charge in [0.25, 0.3) is 0 Å². The molecular formula is C33H52F4O7. The number of allylic oxidation sites excluding steroid dienone is 2. The first-order valence-electron chi connectivity index (χ1n) is 16.3. The molecule has 3 rings (SSSR count). The number of unbranched alkanes of at least 4 members (excludes halogenated alkanes) is 2. The van der Waals surface area contributed by atoms with Crippen molar-refractivity contribution in [2.24, 2.45) is 17.3 Å². The zero-order valence-electron chi connectivity index (χ0n) is 26.4. The number of alkyl halides is 4. The fourth-order valence-electron chi connectivity index (χ4n) is 6.32. The molecule has 0 bridgehead atoms. The van der Waals surface area contributed by atoms with E-state index in [1.807, 2.05) is 6.92 Å². The standard InChI is InChI=1S/C33H52F4O7/c1-4-5-19-32(2,33(35,36)37)27(44-30-16-10-12-21-42-30)18-17-23-26(43-29-15-9-11-20-41-29)22-25(38)31(23)24(34)13-7-6-8-14-28(39)40-3/h7,13,17-18,23-27,29-31,38H,4-6,8-12,14-16,19-22H2,1-3H3/t23-,24?,25-,26+,27+,29?,30?,31-,32?/m0/s1. The molecule has 2 heterocycles. The van der Waals surface area contributed by atoms with Crippen molar-refractivity contribution >= 4 is 5.97 Å². The van der Waals surface area contributed by atoms with Crippen LogP contribution in [-0.2, 0) is 28.5 Å². The maximum Gasteiger partial charge on any atom is 0.397 e. The summed E-state index contributed by atoms with van der Waals surface area (Å²) in [5.41, 5.74) is -2.20. The van der Waals surface area contributed by atoms with Gasteiger partial charge in [-0.05, 0) is 64.7 Å². The molecule has 9 atom stereocenters. The molecule has 0 aromatic heterocycles. The largest absolute Gasteiger partial charge is 0.469 e. The number of aliphatic hydroxyl groups excluding tert-OH is 1. The molecule has 1 saturated carbocycles. The minimum absolute atomic E-state index is 0.125. The first-order valence-corrected chi connectivity index (χ1v) is 16.3. The zero-order chi connectivity index (χ0) is 32.2. The molecule has 11 heteroatoms. The van der Waals surface area contributed by atoms with Gasteiger partial charge in [0.05, 0.1) is 30.8 Å². The van der Waals surface area contributed by atoms with Crippen molar-refractivity contribution in [1.29, 1.82) is 0 Å². The second-order valence-electron chi connectivity index (χ2n) is 12.5. The number of ether oxygens (including phenoxy) is 5. The van der Waals surface area contributed by atoms with Crippen LogP contribution >= 0.6 is 0 Å². The minimum atomic E-state index is -4.57. The number of hydrogen-bond donors (Lipinski definition) is 1. The molecule has 7 nitrogen and oxygen atoms in total. The van der Waals surface area contributed by atoms with Crippen LogP contribution in [0.3, 0.4) is 0 Å². The molecule has 2 saturated heterocycles. The Labute approximate surface area is 259 Å². The van der Waals surface area contributed by atoms with Gasteiger partial charge in [0.2, 0.25) is 0 Å². The van der Waals surface area contributed by atoms with Gasteiger partial charge in [-0.3, -0.25) is 4.79 Å². The third-order valence-corrected chi connectivity index (χ3v) is 9.19. The number of esters is 1. The van der Waals surface area contributed by atoms with E-state index in [4.69, 9.17) is 18.9 Å². The quantitative estimate of drug-likeness (QED) is 0.0821. The molecule has 0 aromatic rings. The van der Waals surface area contributed by atoms with E-state index in [-0.39, 0.29) is 25.2 Å². The normalized spacial score (nSPS) is 31.3. The van der Waals surface area contributed by atoms with Gasteiger partial charge in [-0.15, -0.1) is 0 Å². The van der Waals surface area contributed by atoms with E-state index < -0.39 is 60.5 Å². The van der Waals surface area contributed by atoms with Gasteiger partial charge in [0.1, 0.15) is 6.17 Å². The van der Waals surface area contributed by atoms with Gasteiger partial charge in [0.15, 0.2) is 12.6 Å². The minimum Gasteiger partial charge on any atom is -0.469 e. The Morgan fingerprint density at radius 1 is 1.05 bits per heavy atom. The van der Waals surface area contributed by atoms with Crippen LogP contribution in [-0.4, -0.2) is 74.6 Å². The number of aliphatic hydroxyl groups is 1. The van der Waals surface area contributed by atoms with Gasteiger partial charge in [0, 0.05) is 37.9 Å². The Hall–Kier alpha value is -1.53. The predicted molar refractivity (Wildman–Crippen MR) is 157 cm³/mol. The van der Waals surface area contributed by atoms with E-state index in [0.29, 0.717) is 51.7 Å². The van der Waals surface area contributed by atoms with Crippen LogP contribution in [0, 0.1) is 17.3 Å². The fourth-order valence-corrected chi connectivity index (χ4v) is 6.32. The van der Waals surface area contributed by atoms with Crippen molar-refractivity contribution in [3.8, 4) is 0 Å². The number of halogens is 4. The predicted octanol–water partition coefficient (Wildman–Crippen LogP) is 7.36. The Morgan fingerprint density at radius 3 is 2.32 bits per heavy atom. The summed E-state index contributed by atoms with van der Waals surface area (Å²) < 4.78 is 88.3. The second-order valence-corrected chi connectivity index (χ2v) is 12.5. The van der Waals surface area contributed by atoms with Crippen LogP contribution in [0.25, 0.3) is 0 Å². The Kier molecular flexibility index (Phi) is 15.1. The lowest BCUT2D eigenvalue weighted by Gasteiger charge is -2.40. The Balaban J connectivity index is 1.89. The van der Waals surface area contributed by atoms with Crippen LogP contribution in [0.1, 0.15) is 97.3 Å². The highest BCUT2D eigenvalue weighted by molar-refractivity contribution is 5.69. The topological polar surface area (TPSA) is 83.5 Å². The van der Waals surface area contributed by atoms with Crippen molar-refractivity contribution in [2.75, 3.05) is 20.3 Å². The molecule has 0 aromatic carbocycles. The average Bonchev–Trinajstić information content (AvgIpc) is 3.31. The lowest BCUT2D eigenvalue weighted by Crippen LogP contribution is -2.48. The monoisotopic (exact) mass is 636 g/mol. The van der Waals surface area contributed by atoms with E-state index in [1.54, 1.807) is 12.2 Å². The highest BCUT2D eigenvalue weighted by Gasteiger charge is 2.56. The molecule has 3 fully saturated rings. The highest BCUT2D eigenvalue weighted by Crippen LogP contribution is 2.48. The van der Waals surface area contributed by atoms with Crippen molar-refractivity contribution in [2.45, 2.75) is 141 Å². The summed E-state index contributed by atoms with van der Waals surface area (Å²) in [6.07, 6.45) is 2.03. The number of carbonyl (C=O) groups excluding carboxylic acids is 1. The van der Waals surface area contributed by atoms with E-state index in [9.17, 15) is 23.1 Å². The number of methoxy groups -OCH3 is 1. The van der Waals surface area contributed by atoms with E-state index in [1.165, 1.54) is 26.2 Å². The molecule has 0 spiro atoms. The number of carbonyl (C=O) groups is 1. The first-order chi connectivity index (χ1) is 21.0. The maximum atomic E-state index is 15.8. The van der Waals surface area contributed by atoms with Gasteiger partial charge < -0.3 is 28.8 Å². The molecule has 44 heavy (non-hydrogen) atoms. The molecular weight excluding hydrogens is 584 g/mol. The third kappa shape index (κ3) is 10.5. The summed E-state index contributed by atoms with van der Waals surface area (Å²) in [7, 11) is 1.31. The van der Waals surface area contributed by atoms with Crippen molar-refractivity contribution in [3.05, 3.63) is 24.3 Å². The maximum absolute atomic E-state index is 15.8. The lowest BCUT2D eigenvalue weighted by atomic mass is 9.77. The SMILES string of the molecule is CCCCC(C)([C@@H](C=C[C@@H]1[C@@H](C(F)C=CCCCC(=O)OC)[C@@H](O)C[C@H]1OC1CCCCO1)OC1CCCCO1)C(F)(F)F. The van der Waals surface area contributed by atoms with Gasteiger partial charge in [-0.1, -0.05) is 44.1 Å². The van der Waals surface area contributed by atoms with Gasteiger partial charge >= 0.3 is 12.1 Å². The summed E-state index contributed by atoms with van der Waals surface area (Å²) in [4.78, 5) is 11.4. The highest BCUT2D eigenvalue weighted by atomic mass is 19.4. The molecule has 0 amide bonds. The van der Waals surface area contributed by atoms with Crippen molar-refractivity contribution < 1.29 is 51.1 Å². The molecule has 3 aliphatic rings. The molecule has 0 radical (unpaired) electrons. The molecule has 1 aliphatic carbocycles. The molecule has 254 valence electrons. The van der Waals surface area contributed by atoms with Crippen molar-refractivity contribution in [1.82, 2.24) is 0 Å². The van der Waals surface area contributed by atoms with Crippen LogP contribution in [0.2, 0.25) is 0 Å². The first kappa shape index (κ1) is 36.9. The average molecular weight is 637 g/mol. The zero-order valence-corrected chi connectivity index (χ0v) is 26.4. The van der Waals surface area contributed by atoms with Crippen LogP contribution in [0.15, 0.2) is 24.3 Å². The van der Waals surface area contributed by atoms with Gasteiger partial charge in [-0.25, -0.2) is 4.39 Å². The molecule has 1 N–H and O–H groups in total. The van der Waals surface area contributed by atoms with Crippen LogP contribution in [0.5, 0.6) is 0 Å². The molecule has 4 unspecified atom stereocenters. The summed E-state index contributed by atoms with van der Waals surface area (Å²) >= 11 is 0. The summed E-state index contributed by atoms with van der Waals surface area (Å²) in [6, 6.07) is 0. The number of hydrogen-bond acceptors (Lipinski definition) is 7. The van der Waals surface area contributed by atoms with Crippen LogP contribution in [0.4, 0.5) is 17.6 Å². The van der Waals surface area contributed by atoms with Crippen LogP contribution < -0.4 is 0 Å². The van der Waals surface area contributed by atoms with E-state index >= 15 is 4.39 Å². The Bertz CT molecular complexity index is 901. The third-order valence-electron chi connectivity index (χ3n) is 9.19. The summed E-state index contributed by atoms with van der Waals surface area (Å²) in [5.74, 6) is -2.03. The second kappa shape index (κ2) is 18.0. The lowest BCUT2D eigenvalue weighted by molar-refractivity contribution is -0.279. The van der Waals surface area contributed by atoms with E-state index in [2.05, 4.69) is 4.74 Å². The number of rotatable bonds is 16. The van der Waals surface area contributed by atoms with Crippen molar-refractivity contribution in [3.63, 3.8) is 0 Å². The summed E-state index contributed by atoms with van der Waals surface area (Å²) in [5, 5.41) is 11.0. The van der Waals surface area contributed by atoms with Gasteiger partial charge in [-0.2, -0.15) is 13.2 Å². The van der Waals surface area contributed by atoms with E-state index in [0.717, 1.165) is 25.7 Å². The summed E-state index contributed by atoms with van der Waals surface area (Å²) in [6.45, 7) is 3.97. The molecule has 2 aliphatic heterocycles. The Morgan fingerprint density at radius 2 is 1.73 bits per heavy atom. The smallest absolute Gasteiger partial charge is 0.397 e.